The van der Waals surface area contributed by atoms with Crippen molar-refractivity contribution < 1.29 is 9.59 Å². The van der Waals surface area contributed by atoms with Crippen LogP contribution in [0.5, 0.6) is 0 Å². The lowest BCUT2D eigenvalue weighted by atomic mass is 10.1. The molecule has 30 heavy (non-hydrogen) atoms. The van der Waals surface area contributed by atoms with Crippen LogP contribution in [-0.4, -0.2) is 37.2 Å². The van der Waals surface area contributed by atoms with Crippen molar-refractivity contribution in [1.82, 2.24) is 19.7 Å². The summed E-state index contributed by atoms with van der Waals surface area (Å²) >= 11 is 1.34. The van der Waals surface area contributed by atoms with Gasteiger partial charge in [-0.05, 0) is 42.8 Å². The molecule has 3 rings (SSSR count). The van der Waals surface area contributed by atoms with Crippen LogP contribution in [0.1, 0.15) is 43.0 Å². The van der Waals surface area contributed by atoms with Crippen LogP contribution in [-0.2, 0) is 11.8 Å². The topological polar surface area (TPSA) is 89.8 Å². The first-order valence-electron chi connectivity index (χ1n) is 9.94. The van der Waals surface area contributed by atoms with Crippen LogP contribution in [0.2, 0.25) is 0 Å². The molecule has 0 radical (unpaired) electrons. The smallest absolute Gasteiger partial charge is 0.224 e. The van der Waals surface area contributed by atoms with Gasteiger partial charge in [0, 0.05) is 42.7 Å². The van der Waals surface area contributed by atoms with Crippen molar-refractivity contribution in [2.75, 3.05) is 11.1 Å². The number of benzene rings is 1. The molecule has 0 aliphatic carbocycles. The molecule has 2 heterocycles. The maximum absolute atomic E-state index is 12.5. The molecule has 7 nitrogen and oxygen atoms in total. The van der Waals surface area contributed by atoms with Gasteiger partial charge in [0.05, 0.1) is 5.75 Å². The van der Waals surface area contributed by atoms with Gasteiger partial charge in [0.15, 0.2) is 16.8 Å². The number of unbranched alkanes of at least 4 members (excludes halogenated alkanes) is 2. The number of pyridine rings is 1. The van der Waals surface area contributed by atoms with Crippen LogP contribution in [0.25, 0.3) is 11.4 Å². The zero-order valence-electron chi connectivity index (χ0n) is 17.2. The summed E-state index contributed by atoms with van der Waals surface area (Å²) in [5.74, 6) is 0.954. The fourth-order valence-electron chi connectivity index (χ4n) is 2.90. The van der Waals surface area contributed by atoms with E-state index in [1.165, 1.54) is 11.8 Å². The first-order chi connectivity index (χ1) is 14.6. The summed E-state index contributed by atoms with van der Waals surface area (Å²) in [6, 6.07) is 10.8. The van der Waals surface area contributed by atoms with Crippen LogP contribution in [0, 0.1) is 0 Å². The molecule has 0 atom stereocenters. The Morgan fingerprint density at radius 1 is 1.10 bits per heavy atom. The van der Waals surface area contributed by atoms with Crippen molar-refractivity contribution in [3.63, 3.8) is 0 Å². The van der Waals surface area contributed by atoms with Crippen molar-refractivity contribution in [2.45, 2.75) is 37.8 Å². The van der Waals surface area contributed by atoms with Gasteiger partial charge >= 0.3 is 0 Å². The third-order valence-electron chi connectivity index (χ3n) is 4.59. The quantitative estimate of drug-likeness (QED) is 0.296. The van der Waals surface area contributed by atoms with E-state index in [0.717, 1.165) is 24.8 Å². The molecule has 0 saturated heterocycles. The fraction of sp³-hybridized carbons (Fsp3) is 0.318. The van der Waals surface area contributed by atoms with Crippen LogP contribution >= 0.6 is 11.8 Å². The second-order valence-electron chi connectivity index (χ2n) is 6.90. The van der Waals surface area contributed by atoms with Crippen molar-refractivity contribution in [2.24, 2.45) is 7.05 Å². The van der Waals surface area contributed by atoms with E-state index in [-0.39, 0.29) is 17.4 Å². The Balaban J connectivity index is 1.54. The molecule has 0 saturated carbocycles. The second kappa shape index (κ2) is 10.7. The summed E-state index contributed by atoms with van der Waals surface area (Å²) in [5, 5.41) is 11.9. The van der Waals surface area contributed by atoms with Crippen molar-refractivity contribution in [3.05, 3.63) is 54.4 Å². The SMILES string of the molecule is CCCCCC(=O)Nc1ccc(C(=O)CSc2nnc(-c3cccnc3)n2C)cc1. The molecular formula is C22H25N5O2S. The number of amides is 1. The predicted octanol–water partition coefficient (Wildman–Crippen LogP) is 4.37. The van der Waals surface area contributed by atoms with Crippen molar-refractivity contribution in [1.29, 1.82) is 0 Å². The molecule has 156 valence electrons. The molecule has 1 N–H and O–H groups in total. The number of nitrogens with one attached hydrogen (secondary N) is 1. The number of Topliss-reactive ketones (excluding diaryl/α,β-unsaturated/α-hetero) is 1. The van der Waals surface area contributed by atoms with Gasteiger partial charge in [-0.3, -0.25) is 14.6 Å². The third-order valence-corrected chi connectivity index (χ3v) is 5.61. The van der Waals surface area contributed by atoms with Crippen LogP contribution < -0.4 is 5.32 Å². The number of hydrogen-bond acceptors (Lipinski definition) is 6. The van der Waals surface area contributed by atoms with E-state index in [4.69, 9.17) is 0 Å². The summed E-state index contributed by atoms with van der Waals surface area (Å²) in [7, 11) is 1.87. The van der Waals surface area contributed by atoms with E-state index >= 15 is 0 Å². The van der Waals surface area contributed by atoms with Gasteiger partial charge in [0.2, 0.25) is 5.91 Å². The van der Waals surface area contributed by atoms with Crippen LogP contribution in [0.3, 0.4) is 0 Å². The molecule has 2 aromatic heterocycles. The third kappa shape index (κ3) is 5.76. The Kier molecular flexibility index (Phi) is 7.73. The number of ketones is 1. The minimum Gasteiger partial charge on any atom is -0.326 e. The van der Waals surface area contributed by atoms with Gasteiger partial charge in [-0.1, -0.05) is 31.5 Å². The molecule has 1 aromatic carbocycles. The fourth-order valence-corrected chi connectivity index (χ4v) is 3.70. The Morgan fingerprint density at radius 2 is 1.90 bits per heavy atom. The summed E-state index contributed by atoms with van der Waals surface area (Å²) < 4.78 is 1.85. The zero-order chi connectivity index (χ0) is 21.3. The minimum absolute atomic E-state index is 0.00443. The summed E-state index contributed by atoms with van der Waals surface area (Å²) in [4.78, 5) is 28.5. The molecule has 8 heteroatoms. The second-order valence-corrected chi connectivity index (χ2v) is 7.84. The predicted molar refractivity (Wildman–Crippen MR) is 119 cm³/mol. The molecule has 0 aliphatic heterocycles. The van der Waals surface area contributed by atoms with Crippen LogP contribution in [0.4, 0.5) is 5.69 Å². The molecule has 0 spiro atoms. The largest absolute Gasteiger partial charge is 0.326 e. The molecule has 3 aromatic rings. The van der Waals surface area contributed by atoms with Crippen molar-refractivity contribution in [3.8, 4) is 11.4 Å². The molecule has 0 aliphatic rings. The molecule has 0 fully saturated rings. The van der Waals surface area contributed by atoms with Gasteiger partial charge in [-0.15, -0.1) is 10.2 Å². The van der Waals surface area contributed by atoms with Gasteiger partial charge < -0.3 is 9.88 Å². The lowest BCUT2D eigenvalue weighted by Gasteiger charge is -2.06. The number of aromatic nitrogens is 4. The summed E-state index contributed by atoms with van der Waals surface area (Å²) in [6.45, 7) is 2.11. The number of rotatable bonds is 10. The highest BCUT2D eigenvalue weighted by Crippen LogP contribution is 2.23. The Hall–Kier alpha value is -3.00. The summed E-state index contributed by atoms with van der Waals surface area (Å²) in [5.41, 5.74) is 2.18. The average Bonchev–Trinajstić information content (AvgIpc) is 3.13. The van der Waals surface area contributed by atoms with E-state index in [1.807, 2.05) is 23.7 Å². The number of carbonyl (C=O) groups is 2. The van der Waals surface area contributed by atoms with E-state index in [2.05, 4.69) is 27.4 Å². The molecular weight excluding hydrogens is 398 g/mol. The van der Waals surface area contributed by atoms with Crippen LogP contribution in [0.15, 0.2) is 53.9 Å². The lowest BCUT2D eigenvalue weighted by Crippen LogP contribution is -2.11. The standard InChI is InChI=1S/C22H25N5O2S/c1-3-4-5-8-20(29)24-18-11-9-16(10-12-18)19(28)15-30-22-26-25-21(27(22)2)17-7-6-13-23-14-17/h6-7,9-14H,3-5,8,15H2,1-2H3,(H,24,29). The van der Waals surface area contributed by atoms with E-state index in [1.54, 1.807) is 36.7 Å². The Bertz CT molecular complexity index is 987. The number of hydrogen-bond donors (Lipinski definition) is 1. The summed E-state index contributed by atoms with van der Waals surface area (Å²) in [6.07, 6.45) is 6.98. The highest BCUT2D eigenvalue weighted by Gasteiger charge is 2.14. The first-order valence-corrected chi connectivity index (χ1v) is 10.9. The number of anilines is 1. The molecule has 0 unspecified atom stereocenters. The normalized spacial score (nSPS) is 10.7. The average molecular weight is 424 g/mol. The van der Waals surface area contributed by atoms with E-state index in [9.17, 15) is 9.59 Å². The maximum atomic E-state index is 12.5. The highest BCUT2D eigenvalue weighted by atomic mass is 32.2. The van der Waals surface area contributed by atoms with Gasteiger partial charge in [-0.25, -0.2) is 0 Å². The molecule has 1 amide bonds. The maximum Gasteiger partial charge on any atom is 0.224 e. The number of carbonyl (C=O) groups excluding carboxylic acids is 2. The van der Waals surface area contributed by atoms with E-state index < -0.39 is 0 Å². The first kappa shape index (κ1) is 21.7. The number of nitrogens with zero attached hydrogens (tertiary/aromatic N) is 4. The van der Waals surface area contributed by atoms with Gasteiger partial charge in [0.25, 0.3) is 0 Å². The highest BCUT2D eigenvalue weighted by molar-refractivity contribution is 7.99. The van der Waals surface area contributed by atoms with E-state index in [0.29, 0.717) is 28.7 Å². The van der Waals surface area contributed by atoms with Crippen molar-refractivity contribution >= 4 is 29.1 Å². The van der Waals surface area contributed by atoms with Gasteiger partial charge in [0.1, 0.15) is 0 Å². The molecule has 0 bridgehead atoms. The van der Waals surface area contributed by atoms with Gasteiger partial charge in [-0.2, -0.15) is 0 Å². The Morgan fingerprint density at radius 3 is 2.60 bits per heavy atom. The lowest BCUT2D eigenvalue weighted by molar-refractivity contribution is -0.116. The zero-order valence-corrected chi connectivity index (χ0v) is 18.0. The monoisotopic (exact) mass is 423 g/mol. The number of thioether (sulfide) groups is 1. The minimum atomic E-state index is -0.00764. The Labute approximate surface area is 180 Å².